The van der Waals surface area contributed by atoms with E-state index in [9.17, 15) is 0 Å². The van der Waals surface area contributed by atoms with Crippen molar-refractivity contribution in [1.29, 1.82) is 0 Å². The van der Waals surface area contributed by atoms with Crippen molar-refractivity contribution in [2.24, 2.45) is 0 Å². The van der Waals surface area contributed by atoms with Crippen LogP contribution in [0, 0.1) is 0 Å². The van der Waals surface area contributed by atoms with E-state index in [4.69, 9.17) is 23.1 Å². The Bertz CT molecular complexity index is 392. The lowest BCUT2D eigenvalue weighted by molar-refractivity contribution is 0.485. The van der Waals surface area contributed by atoms with Crippen LogP contribution in [0.15, 0.2) is 12.1 Å². The maximum absolute atomic E-state index is 6.00. The number of nitrogen functional groups attached to an aromatic ring is 2. The van der Waals surface area contributed by atoms with Crippen LogP contribution < -0.4 is 16.4 Å². The van der Waals surface area contributed by atoms with Gasteiger partial charge in [0.1, 0.15) is 0 Å². The summed E-state index contributed by atoms with van der Waals surface area (Å²) in [7, 11) is 0. The quantitative estimate of drug-likeness (QED) is 0.741. The number of benzene rings is 1. The second-order valence-electron chi connectivity index (χ2n) is 4.47. The molecule has 0 unspecified atom stereocenters. The van der Waals surface area contributed by atoms with Crippen LogP contribution in [0.5, 0.6) is 0 Å². The van der Waals surface area contributed by atoms with Gasteiger partial charge in [-0.3, -0.25) is 0 Å². The van der Waals surface area contributed by atoms with E-state index in [1.54, 1.807) is 6.07 Å². The molecule has 1 aromatic rings. The van der Waals surface area contributed by atoms with Crippen LogP contribution >= 0.6 is 11.6 Å². The molecule has 0 saturated carbocycles. The molecule has 88 valence electrons. The molecule has 1 aliphatic rings. The Morgan fingerprint density at radius 2 is 2.00 bits per heavy atom. The van der Waals surface area contributed by atoms with Crippen molar-refractivity contribution in [2.75, 3.05) is 22.9 Å². The monoisotopic (exact) mass is 239 g/mol. The molecule has 16 heavy (non-hydrogen) atoms. The minimum absolute atomic E-state index is 0.525. The average molecular weight is 240 g/mol. The van der Waals surface area contributed by atoms with Crippen molar-refractivity contribution in [1.82, 2.24) is 0 Å². The molecule has 1 aliphatic heterocycles. The highest BCUT2D eigenvalue weighted by atomic mass is 35.5. The lowest BCUT2D eigenvalue weighted by Crippen LogP contribution is -2.37. The van der Waals surface area contributed by atoms with Crippen LogP contribution in [-0.2, 0) is 0 Å². The Balaban J connectivity index is 2.35. The standard InChI is InChI=1S/C12H18ClN3/c1-8-4-2-3-5-16(8)12-7-10(14)9(13)6-11(12)15/h6-8H,2-5,14-15H2,1H3/t8-/m1/s1. The lowest BCUT2D eigenvalue weighted by atomic mass is 10.0. The topological polar surface area (TPSA) is 55.3 Å². The third-order valence-electron chi connectivity index (χ3n) is 3.26. The number of nitrogens with zero attached hydrogens (tertiary/aromatic N) is 1. The van der Waals surface area contributed by atoms with E-state index in [0.717, 1.165) is 12.2 Å². The highest BCUT2D eigenvalue weighted by Crippen LogP contribution is 2.34. The van der Waals surface area contributed by atoms with Gasteiger partial charge in [-0.25, -0.2) is 0 Å². The van der Waals surface area contributed by atoms with Gasteiger partial charge in [-0.05, 0) is 38.3 Å². The first-order chi connectivity index (χ1) is 7.59. The largest absolute Gasteiger partial charge is 0.397 e. The van der Waals surface area contributed by atoms with Gasteiger partial charge in [-0.2, -0.15) is 0 Å². The van der Waals surface area contributed by atoms with Gasteiger partial charge in [0.15, 0.2) is 0 Å². The lowest BCUT2D eigenvalue weighted by Gasteiger charge is -2.36. The molecule has 1 aromatic carbocycles. The maximum atomic E-state index is 6.00. The number of anilines is 3. The third kappa shape index (κ3) is 2.05. The Kier molecular flexibility index (Phi) is 3.15. The summed E-state index contributed by atoms with van der Waals surface area (Å²) in [5, 5.41) is 0.533. The first-order valence-electron chi connectivity index (χ1n) is 5.70. The van der Waals surface area contributed by atoms with Gasteiger partial charge in [0.25, 0.3) is 0 Å². The van der Waals surface area contributed by atoms with Gasteiger partial charge >= 0.3 is 0 Å². The molecule has 1 heterocycles. The van der Waals surface area contributed by atoms with Crippen LogP contribution in [0.1, 0.15) is 26.2 Å². The normalized spacial score (nSPS) is 21.1. The number of nitrogens with two attached hydrogens (primary N) is 2. The Morgan fingerprint density at radius 3 is 2.69 bits per heavy atom. The molecule has 0 aromatic heterocycles. The minimum Gasteiger partial charge on any atom is -0.397 e. The Morgan fingerprint density at radius 1 is 1.25 bits per heavy atom. The van der Waals surface area contributed by atoms with Crippen molar-refractivity contribution in [3.63, 3.8) is 0 Å². The molecule has 0 amide bonds. The van der Waals surface area contributed by atoms with Gasteiger partial charge in [0.2, 0.25) is 0 Å². The molecule has 0 spiro atoms. The molecule has 0 aliphatic carbocycles. The van der Waals surface area contributed by atoms with Crippen LogP contribution in [-0.4, -0.2) is 12.6 Å². The number of hydrogen-bond acceptors (Lipinski definition) is 3. The van der Waals surface area contributed by atoms with Crippen molar-refractivity contribution >= 4 is 28.7 Å². The van der Waals surface area contributed by atoms with E-state index in [0.29, 0.717) is 22.4 Å². The summed E-state index contributed by atoms with van der Waals surface area (Å²) < 4.78 is 0. The summed E-state index contributed by atoms with van der Waals surface area (Å²) in [5.41, 5.74) is 14.2. The molecule has 0 bridgehead atoms. The van der Waals surface area contributed by atoms with Gasteiger partial charge in [-0.1, -0.05) is 11.6 Å². The molecular weight excluding hydrogens is 222 g/mol. The summed E-state index contributed by atoms with van der Waals surface area (Å²) in [4.78, 5) is 2.32. The number of piperidine rings is 1. The van der Waals surface area contributed by atoms with E-state index < -0.39 is 0 Å². The first kappa shape index (κ1) is 11.4. The Hall–Kier alpha value is -1.09. The van der Waals surface area contributed by atoms with Gasteiger partial charge < -0.3 is 16.4 Å². The van der Waals surface area contributed by atoms with Crippen molar-refractivity contribution in [2.45, 2.75) is 32.2 Å². The molecule has 1 fully saturated rings. The van der Waals surface area contributed by atoms with Crippen molar-refractivity contribution in [3.8, 4) is 0 Å². The van der Waals surface area contributed by atoms with E-state index in [1.807, 2.05) is 6.07 Å². The van der Waals surface area contributed by atoms with Gasteiger partial charge in [0.05, 0.1) is 22.1 Å². The van der Waals surface area contributed by atoms with Crippen molar-refractivity contribution in [3.05, 3.63) is 17.2 Å². The second kappa shape index (κ2) is 4.42. The Labute approximate surface area is 101 Å². The summed E-state index contributed by atoms with van der Waals surface area (Å²) in [5.74, 6) is 0. The molecule has 3 nitrogen and oxygen atoms in total. The summed E-state index contributed by atoms with van der Waals surface area (Å²) in [6.45, 7) is 3.27. The van der Waals surface area contributed by atoms with Crippen LogP contribution in [0.2, 0.25) is 5.02 Å². The SMILES string of the molecule is C[C@@H]1CCCCN1c1cc(N)c(Cl)cc1N. The predicted molar refractivity (Wildman–Crippen MR) is 70.9 cm³/mol. The smallest absolute Gasteiger partial charge is 0.0657 e. The molecule has 1 atom stereocenters. The first-order valence-corrected chi connectivity index (χ1v) is 6.08. The second-order valence-corrected chi connectivity index (χ2v) is 4.88. The molecule has 0 radical (unpaired) electrons. The zero-order chi connectivity index (χ0) is 11.7. The fraction of sp³-hybridized carbons (Fsp3) is 0.500. The summed E-state index contributed by atoms with van der Waals surface area (Å²) in [6, 6.07) is 4.16. The van der Waals surface area contributed by atoms with E-state index >= 15 is 0 Å². The van der Waals surface area contributed by atoms with Crippen LogP contribution in [0.3, 0.4) is 0 Å². The highest BCUT2D eigenvalue weighted by molar-refractivity contribution is 6.33. The average Bonchev–Trinajstić information content (AvgIpc) is 2.25. The number of hydrogen-bond donors (Lipinski definition) is 2. The van der Waals surface area contributed by atoms with E-state index in [1.165, 1.54) is 19.3 Å². The highest BCUT2D eigenvalue weighted by Gasteiger charge is 2.20. The molecular formula is C12H18ClN3. The zero-order valence-corrected chi connectivity index (χ0v) is 10.3. The zero-order valence-electron chi connectivity index (χ0n) is 9.54. The van der Waals surface area contributed by atoms with Gasteiger partial charge in [0, 0.05) is 12.6 Å². The van der Waals surface area contributed by atoms with E-state index in [2.05, 4.69) is 11.8 Å². The minimum atomic E-state index is 0.525. The molecule has 4 N–H and O–H groups in total. The fourth-order valence-corrected chi connectivity index (χ4v) is 2.47. The molecule has 1 saturated heterocycles. The number of rotatable bonds is 1. The van der Waals surface area contributed by atoms with Crippen molar-refractivity contribution < 1.29 is 0 Å². The fourth-order valence-electron chi connectivity index (χ4n) is 2.30. The van der Waals surface area contributed by atoms with E-state index in [-0.39, 0.29) is 0 Å². The molecule has 2 rings (SSSR count). The van der Waals surface area contributed by atoms with Gasteiger partial charge in [-0.15, -0.1) is 0 Å². The third-order valence-corrected chi connectivity index (χ3v) is 3.59. The predicted octanol–water partition coefficient (Wildman–Crippen LogP) is 2.88. The van der Waals surface area contributed by atoms with Crippen LogP contribution in [0.4, 0.5) is 17.1 Å². The summed E-state index contributed by atoms with van der Waals surface area (Å²) in [6.07, 6.45) is 3.72. The molecule has 4 heteroatoms. The van der Waals surface area contributed by atoms with Crippen LogP contribution in [0.25, 0.3) is 0 Å². The number of halogens is 1. The summed E-state index contributed by atoms with van der Waals surface area (Å²) >= 11 is 5.94. The maximum Gasteiger partial charge on any atom is 0.0657 e.